The molecule has 0 unspecified atom stereocenters. The van der Waals surface area contributed by atoms with Crippen molar-refractivity contribution < 1.29 is 37.9 Å². The molecule has 0 aliphatic carbocycles. The molecule has 2 aliphatic heterocycles. The van der Waals surface area contributed by atoms with Crippen LogP contribution >= 0.6 is 0 Å². The van der Waals surface area contributed by atoms with Crippen LogP contribution in [0.4, 0.5) is 15.8 Å². The van der Waals surface area contributed by atoms with Gasteiger partial charge in [-0.1, -0.05) is 0 Å². The Labute approximate surface area is 159 Å². The summed E-state index contributed by atoms with van der Waals surface area (Å²) in [5.41, 5.74) is 0.613. The Balaban J connectivity index is 0.00000225. The first-order valence-corrected chi connectivity index (χ1v) is 8.37. The zero-order valence-corrected chi connectivity index (χ0v) is 14.9. The topological polar surface area (TPSA) is 67.9 Å². The second-order valence-electron chi connectivity index (χ2n) is 6.46. The molecular weight excluding hydrogens is 320 g/mol. The number of halogens is 1. The Morgan fingerprint density at radius 2 is 1.88 bits per heavy atom. The summed E-state index contributed by atoms with van der Waals surface area (Å²) in [6, 6.07) is 2.81. The summed E-state index contributed by atoms with van der Waals surface area (Å²) in [6.07, 6.45) is 1.80. The number of morpholine rings is 1. The summed E-state index contributed by atoms with van der Waals surface area (Å²) in [7, 11) is 2.06. The summed E-state index contributed by atoms with van der Waals surface area (Å²) in [5, 5.41) is 14.7. The van der Waals surface area contributed by atoms with Crippen LogP contribution in [-0.4, -0.2) is 63.4 Å². The Bertz CT molecular complexity index is 603. The van der Waals surface area contributed by atoms with Crippen molar-refractivity contribution in [2.24, 2.45) is 0 Å². The maximum absolute atomic E-state index is 14.6. The van der Waals surface area contributed by atoms with Crippen LogP contribution in [0, 0.1) is 5.82 Å². The molecule has 1 aromatic carbocycles. The second-order valence-corrected chi connectivity index (χ2v) is 6.46. The van der Waals surface area contributed by atoms with E-state index >= 15 is 0 Å². The number of carboxylic acid groups (broad SMARTS) is 1. The largest absolute Gasteiger partial charge is 1.00 e. The van der Waals surface area contributed by atoms with Gasteiger partial charge in [-0.25, -0.2) is 4.39 Å². The van der Waals surface area contributed by atoms with E-state index in [2.05, 4.69) is 17.3 Å². The van der Waals surface area contributed by atoms with E-state index in [1.54, 1.807) is 0 Å². The fourth-order valence-corrected chi connectivity index (χ4v) is 3.27. The number of ether oxygens (including phenoxy) is 1. The zero-order valence-electron chi connectivity index (χ0n) is 14.9. The number of carbonyl (C=O) groups is 1. The predicted molar refractivity (Wildman–Crippen MR) is 87.9 cm³/mol. The molecule has 2 heterocycles. The molecule has 8 heteroatoms. The second kappa shape index (κ2) is 8.90. The van der Waals surface area contributed by atoms with Crippen LogP contribution in [0.5, 0.6) is 0 Å². The third-order valence-corrected chi connectivity index (χ3v) is 4.74. The van der Waals surface area contributed by atoms with Crippen LogP contribution in [0.15, 0.2) is 12.1 Å². The van der Waals surface area contributed by atoms with Crippen LogP contribution < -0.4 is 34.2 Å². The first kappa shape index (κ1) is 20.1. The Hall–Kier alpha value is -1.26. The van der Waals surface area contributed by atoms with E-state index < -0.39 is 11.8 Å². The van der Waals surface area contributed by atoms with Crippen LogP contribution in [0.25, 0.3) is 0 Å². The third kappa shape index (κ3) is 4.89. The molecule has 1 N–H and O–H groups in total. The Kier molecular flexibility index (Phi) is 7.14. The summed E-state index contributed by atoms with van der Waals surface area (Å²) >= 11 is 0. The third-order valence-electron chi connectivity index (χ3n) is 4.74. The predicted octanol–water partition coefficient (Wildman–Crippen LogP) is -2.46. The number of benzene rings is 1. The number of aromatic carboxylic acids is 1. The van der Waals surface area contributed by atoms with Gasteiger partial charge < -0.3 is 29.8 Å². The summed E-state index contributed by atoms with van der Waals surface area (Å²) in [5.74, 6) is -1.71. The Morgan fingerprint density at radius 1 is 1.24 bits per heavy atom. The first-order valence-electron chi connectivity index (χ1n) is 8.37. The molecule has 2 aliphatic rings. The van der Waals surface area contributed by atoms with Gasteiger partial charge in [-0.3, -0.25) is 0 Å². The van der Waals surface area contributed by atoms with Crippen LogP contribution in [0.3, 0.4) is 0 Å². The normalized spacial score (nSPS) is 19.4. The smallest absolute Gasteiger partial charge is 0.545 e. The number of piperidine rings is 1. The van der Waals surface area contributed by atoms with E-state index in [4.69, 9.17) is 4.74 Å². The fourth-order valence-electron chi connectivity index (χ4n) is 3.27. The maximum Gasteiger partial charge on any atom is 1.00 e. The van der Waals surface area contributed by atoms with Gasteiger partial charge in [0.2, 0.25) is 0 Å². The van der Waals surface area contributed by atoms with Gasteiger partial charge in [0.05, 0.1) is 24.9 Å². The van der Waals surface area contributed by atoms with Gasteiger partial charge in [-0.15, -0.1) is 0 Å². The number of carbonyl (C=O) groups excluding carboxylic acids is 1. The van der Waals surface area contributed by atoms with Gasteiger partial charge >= 0.3 is 18.9 Å². The minimum absolute atomic E-state index is 0. The average Bonchev–Trinajstić information content (AvgIpc) is 2.57. The minimum Gasteiger partial charge on any atom is -0.545 e. The van der Waals surface area contributed by atoms with Crippen molar-refractivity contribution in [3.8, 4) is 0 Å². The van der Waals surface area contributed by atoms with Crippen molar-refractivity contribution in [2.75, 3.05) is 56.7 Å². The molecule has 2 saturated heterocycles. The molecule has 2 fully saturated rings. The molecule has 0 spiro atoms. The molecule has 1 aromatic rings. The van der Waals surface area contributed by atoms with E-state index in [1.807, 2.05) is 4.90 Å². The van der Waals surface area contributed by atoms with E-state index in [9.17, 15) is 14.3 Å². The number of hydrogen-bond acceptors (Lipinski definition) is 6. The van der Waals surface area contributed by atoms with Gasteiger partial charge in [-0.05, 0) is 45.1 Å². The zero-order chi connectivity index (χ0) is 17.1. The van der Waals surface area contributed by atoms with Gasteiger partial charge in [-0.2, -0.15) is 0 Å². The van der Waals surface area contributed by atoms with Crippen molar-refractivity contribution in [3.05, 3.63) is 23.5 Å². The fraction of sp³-hybridized carbons (Fsp3) is 0.588. The molecule has 25 heavy (non-hydrogen) atoms. The molecule has 0 atom stereocenters. The molecular formula is C17H23FLiN3O3. The molecule has 6 nitrogen and oxygen atoms in total. The number of anilines is 2. The van der Waals surface area contributed by atoms with Crippen LogP contribution in [-0.2, 0) is 4.74 Å². The first-order chi connectivity index (χ1) is 11.5. The van der Waals surface area contributed by atoms with Crippen LogP contribution in [0.1, 0.15) is 23.2 Å². The van der Waals surface area contributed by atoms with Crippen LogP contribution in [0.2, 0.25) is 0 Å². The molecule has 0 radical (unpaired) electrons. The number of likely N-dealkylation sites (tertiary alicyclic amines) is 1. The van der Waals surface area contributed by atoms with Gasteiger partial charge in [0.1, 0.15) is 5.82 Å². The van der Waals surface area contributed by atoms with Gasteiger partial charge in [0.15, 0.2) is 0 Å². The maximum atomic E-state index is 14.6. The summed E-state index contributed by atoms with van der Waals surface area (Å²) in [6.45, 7) is 3.99. The Morgan fingerprint density at radius 3 is 2.48 bits per heavy atom. The SMILES string of the molecule is CN1CCC(Nc2cc(F)c(N3CCOCC3)cc2C(=O)[O-])CC1.[Li+]. The van der Waals surface area contributed by atoms with Crippen molar-refractivity contribution in [3.63, 3.8) is 0 Å². The molecule has 0 saturated carbocycles. The monoisotopic (exact) mass is 343 g/mol. The molecule has 132 valence electrons. The molecule has 0 bridgehead atoms. The van der Waals surface area contributed by atoms with E-state index in [0.717, 1.165) is 25.9 Å². The number of hydrogen-bond donors (Lipinski definition) is 1. The molecule has 3 rings (SSSR count). The minimum atomic E-state index is -1.29. The van der Waals surface area contributed by atoms with Crippen molar-refractivity contribution in [2.45, 2.75) is 18.9 Å². The van der Waals surface area contributed by atoms with Gasteiger partial charge in [0, 0.05) is 30.4 Å². The van der Waals surface area contributed by atoms with E-state index in [1.165, 1.54) is 12.1 Å². The number of nitrogens with zero attached hydrogens (tertiary/aromatic N) is 2. The number of rotatable bonds is 4. The number of carboxylic acids is 1. The summed E-state index contributed by atoms with van der Waals surface area (Å²) in [4.78, 5) is 15.6. The molecule has 0 amide bonds. The quantitative estimate of drug-likeness (QED) is 0.612. The van der Waals surface area contributed by atoms with Crippen molar-refractivity contribution in [1.82, 2.24) is 4.90 Å². The van der Waals surface area contributed by atoms with Crippen molar-refractivity contribution >= 4 is 17.3 Å². The van der Waals surface area contributed by atoms with E-state index in [0.29, 0.717) is 37.7 Å². The standard InChI is InChI=1S/C17H24FN3O3.Li/c1-20-4-2-12(3-5-20)19-15-11-14(18)16(10-13(15)17(22)23)21-6-8-24-9-7-21;/h10-12,19H,2-9H2,1H3,(H,22,23);/q;+1/p-1. The van der Waals surface area contributed by atoms with Gasteiger partial charge in [0.25, 0.3) is 0 Å². The summed E-state index contributed by atoms with van der Waals surface area (Å²) < 4.78 is 19.8. The number of nitrogens with one attached hydrogen (secondary N) is 1. The van der Waals surface area contributed by atoms with E-state index in [-0.39, 0.29) is 30.5 Å². The molecule has 0 aromatic heterocycles. The average molecular weight is 343 g/mol. The van der Waals surface area contributed by atoms with Crippen molar-refractivity contribution in [1.29, 1.82) is 0 Å².